The number of ether oxygens (including phenoxy) is 1. The third kappa shape index (κ3) is 1.57. The molecule has 1 saturated carbocycles. The van der Waals surface area contributed by atoms with Gasteiger partial charge in [0.05, 0.1) is 24.0 Å². The van der Waals surface area contributed by atoms with Crippen molar-refractivity contribution in [2.45, 2.75) is 44.7 Å². The highest BCUT2D eigenvalue weighted by Crippen LogP contribution is 2.47. The number of anilines is 2. The molecule has 0 saturated heterocycles. The van der Waals surface area contributed by atoms with E-state index < -0.39 is 0 Å². The molecule has 3 heteroatoms. The number of rotatable bonds is 2. The Kier molecular flexibility index (Phi) is 2.65. The molecule has 1 aliphatic heterocycles. The molecule has 1 aromatic carbocycles. The third-order valence-electron chi connectivity index (χ3n) is 4.38. The van der Waals surface area contributed by atoms with Gasteiger partial charge in [0.15, 0.2) is 0 Å². The Morgan fingerprint density at radius 2 is 2.11 bits per heavy atom. The van der Waals surface area contributed by atoms with Crippen molar-refractivity contribution in [3.63, 3.8) is 0 Å². The van der Waals surface area contributed by atoms with Crippen LogP contribution < -0.4 is 15.0 Å². The average molecular weight is 246 g/mol. The van der Waals surface area contributed by atoms with Crippen molar-refractivity contribution in [1.29, 1.82) is 0 Å². The van der Waals surface area contributed by atoms with Gasteiger partial charge in [-0.25, -0.2) is 0 Å². The topological polar surface area (TPSA) is 24.5 Å². The van der Waals surface area contributed by atoms with Crippen LogP contribution in [-0.4, -0.2) is 25.2 Å². The Labute approximate surface area is 109 Å². The van der Waals surface area contributed by atoms with Crippen LogP contribution in [0.5, 0.6) is 5.75 Å². The maximum Gasteiger partial charge on any atom is 0.121 e. The first-order valence-electron chi connectivity index (χ1n) is 6.87. The second kappa shape index (κ2) is 4.08. The lowest BCUT2D eigenvalue weighted by molar-refractivity contribution is 0.226. The van der Waals surface area contributed by atoms with Gasteiger partial charge in [-0.05, 0) is 45.2 Å². The molecule has 18 heavy (non-hydrogen) atoms. The first-order valence-corrected chi connectivity index (χ1v) is 6.87. The van der Waals surface area contributed by atoms with Crippen LogP contribution in [0.1, 0.15) is 33.1 Å². The summed E-state index contributed by atoms with van der Waals surface area (Å²) in [6, 6.07) is 6.91. The molecule has 3 rings (SSSR count). The van der Waals surface area contributed by atoms with Crippen molar-refractivity contribution in [1.82, 2.24) is 0 Å². The zero-order valence-electron chi connectivity index (χ0n) is 11.5. The van der Waals surface area contributed by atoms with Crippen LogP contribution in [0.2, 0.25) is 0 Å². The lowest BCUT2D eigenvalue weighted by atomic mass is 9.73. The zero-order valence-corrected chi connectivity index (χ0v) is 11.5. The summed E-state index contributed by atoms with van der Waals surface area (Å²) >= 11 is 0. The summed E-state index contributed by atoms with van der Waals surface area (Å²) in [7, 11) is 1.72. The highest BCUT2D eigenvalue weighted by Gasteiger charge is 2.46. The maximum atomic E-state index is 5.31. The minimum atomic E-state index is 0.357. The molecule has 0 aromatic heterocycles. The number of benzene rings is 1. The molecule has 1 aliphatic carbocycles. The van der Waals surface area contributed by atoms with E-state index in [0.717, 1.165) is 12.3 Å². The first kappa shape index (κ1) is 11.7. The Hall–Kier alpha value is -1.38. The Morgan fingerprint density at radius 1 is 1.33 bits per heavy atom. The maximum absolute atomic E-state index is 5.31. The van der Waals surface area contributed by atoms with Crippen LogP contribution in [-0.2, 0) is 0 Å². The van der Waals surface area contributed by atoms with E-state index in [1.54, 1.807) is 7.11 Å². The number of methoxy groups -OCH3 is 1. The van der Waals surface area contributed by atoms with Gasteiger partial charge in [-0.2, -0.15) is 0 Å². The van der Waals surface area contributed by atoms with E-state index in [-0.39, 0.29) is 0 Å². The second-order valence-corrected chi connectivity index (χ2v) is 5.78. The molecular formula is C15H22N2O. The number of hydrogen-bond donors (Lipinski definition) is 1. The van der Waals surface area contributed by atoms with Gasteiger partial charge in [0.1, 0.15) is 5.75 Å². The van der Waals surface area contributed by atoms with Gasteiger partial charge in [0, 0.05) is 18.7 Å². The summed E-state index contributed by atoms with van der Waals surface area (Å²) < 4.78 is 5.31. The van der Waals surface area contributed by atoms with Crippen LogP contribution in [0.4, 0.5) is 11.4 Å². The van der Waals surface area contributed by atoms with Crippen molar-refractivity contribution in [2.24, 2.45) is 0 Å². The van der Waals surface area contributed by atoms with Crippen molar-refractivity contribution in [3.05, 3.63) is 18.2 Å². The second-order valence-electron chi connectivity index (χ2n) is 5.78. The van der Waals surface area contributed by atoms with Crippen molar-refractivity contribution in [2.75, 3.05) is 23.9 Å². The van der Waals surface area contributed by atoms with Crippen molar-refractivity contribution in [3.8, 4) is 5.75 Å². The Balaban J connectivity index is 2.03. The quantitative estimate of drug-likeness (QED) is 0.867. The van der Waals surface area contributed by atoms with Gasteiger partial charge in [-0.3, -0.25) is 0 Å². The van der Waals surface area contributed by atoms with Crippen LogP contribution in [0, 0.1) is 0 Å². The number of fused-ring (bicyclic) bond motifs is 1. The SMILES string of the molecule is COc1ccc2c(c1)NCC1(CCC1)N2C(C)C. The van der Waals surface area contributed by atoms with Gasteiger partial charge in [0.25, 0.3) is 0 Å². The number of nitrogens with one attached hydrogen (secondary N) is 1. The van der Waals surface area contributed by atoms with Gasteiger partial charge in [-0.1, -0.05) is 0 Å². The zero-order chi connectivity index (χ0) is 12.8. The van der Waals surface area contributed by atoms with E-state index in [2.05, 4.69) is 42.3 Å². The van der Waals surface area contributed by atoms with Gasteiger partial charge in [-0.15, -0.1) is 0 Å². The van der Waals surface area contributed by atoms with E-state index in [0.29, 0.717) is 11.6 Å². The highest BCUT2D eigenvalue weighted by molar-refractivity contribution is 5.76. The third-order valence-corrected chi connectivity index (χ3v) is 4.38. The predicted octanol–water partition coefficient (Wildman–Crippen LogP) is 3.26. The Morgan fingerprint density at radius 3 is 2.67 bits per heavy atom. The van der Waals surface area contributed by atoms with Gasteiger partial charge < -0.3 is 15.0 Å². The summed E-state index contributed by atoms with van der Waals surface area (Å²) in [5, 5.41) is 3.59. The molecule has 1 fully saturated rings. The fourth-order valence-electron chi connectivity index (χ4n) is 3.42. The van der Waals surface area contributed by atoms with Crippen LogP contribution in [0.25, 0.3) is 0 Å². The Bertz CT molecular complexity index is 452. The van der Waals surface area contributed by atoms with Crippen molar-refractivity contribution < 1.29 is 4.74 Å². The predicted molar refractivity (Wildman–Crippen MR) is 75.7 cm³/mol. The van der Waals surface area contributed by atoms with Crippen LogP contribution in [0.3, 0.4) is 0 Å². The molecule has 1 heterocycles. The van der Waals surface area contributed by atoms with E-state index >= 15 is 0 Å². The smallest absolute Gasteiger partial charge is 0.121 e. The van der Waals surface area contributed by atoms with E-state index in [4.69, 9.17) is 4.74 Å². The van der Waals surface area contributed by atoms with Crippen LogP contribution in [0.15, 0.2) is 18.2 Å². The lowest BCUT2D eigenvalue weighted by Gasteiger charge is -2.56. The first-order chi connectivity index (χ1) is 8.66. The normalized spacial score (nSPS) is 20.3. The fourth-order valence-corrected chi connectivity index (χ4v) is 3.42. The largest absolute Gasteiger partial charge is 0.497 e. The molecule has 0 bridgehead atoms. The summed E-state index contributed by atoms with van der Waals surface area (Å²) in [5.41, 5.74) is 2.90. The van der Waals surface area contributed by atoms with Gasteiger partial charge >= 0.3 is 0 Å². The summed E-state index contributed by atoms with van der Waals surface area (Å²) in [6.07, 6.45) is 3.98. The molecule has 2 aliphatic rings. The molecule has 0 atom stereocenters. The monoisotopic (exact) mass is 246 g/mol. The molecule has 1 spiro atoms. The minimum Gasteiger partial charge on any atom is -0.497 e. The summed E-state index contributed by atoms with van der Waals surface area (Å²) in [4.78, 5) is 2.61. The molecule has 0 radical (unpaired) electrons. The molecule has 1 aromatic rings. The van der Waals surface area contributed by atoms with E-state index in [1.807, 2.05) is 0 Å². The highest BCUT2D eigenvalue weighted by atomic mass is 16.5. The van der Waals surface area contributed by atoms with Crippen LogP contribution >= 0.6 is 0 Å². The summed E-state index contributed by atoms with van der Waals surface area (Å²) in [5.74, 6) is 0.925. The number of hydrogen-bond acceptors (Lipinski definition) is 3. The molecular weight excluding hydrogens is 224 g/mol. The van der Waals surface area contributed by atoms with E-state index in [9.17, 15) is 0 Å². The van der Waals surface area contributed by atoms with Gasteiger partial charge in [0.2, 0.25) is 0 Å². The minimum absolute atomic E-state index is 0.357. The average Bonchev–Trinajstić information content (AvgIpc) is 2.34. The molecule has 1 N–H and O–H groups in total. The molecule has 0 amide bonds. The molecule has 3 nitrogen and oxygen atoms in total. The summed E-state index contributed by atoms with van der Waals surface area (Å²) in [6.45, 7) is 5.64. The standard InChI is InChI=1S/C15H22N2O/c1-11(2)17-14-6-5-12(18-3)9-13(14)16-10-15(17)7-4-8-15/h5-6,9,11,16H,4,7-8,10H2,1-3H3. The molecule has 0 unspecified atom stereocenters. The van der Waals surface area contributed by atoms with E-state index in [1.165, 1.54) is 30.6 Å². The molecule has 98 valence electrons. The lowest BCUT2D eigenvalue weighted by Crippen LogP contribution is -2.62. The number of nitrogens with zero attached hydrogens (tertiary/aromatic N) is 1. The van der Waals surface area contributed by atoms with Crippen molar-refractivity contribution >= 4 is 11.4 Å². The fraction of sp³-hybridized carbons (Fsp3) is 0.600.